The Morgan fingerprint density at radius 3 is 2.64 bits per heavy atom. The number of benzene rings is 1. The molecule has 0 radical (unpaired) electrons. The molecule has 0 aliphatic rings. The number of pyridine rings is 1. The van der Waals surface area contributed by atoms with Crippen LogP contribution in [-0.2, 0) is 0 Å². The van der Waals surface area contributed by atoms with Crippen molar-refractivity contribution in [3.8, 4) is 34.5 Å². The van der Waals surface area contributed by atoms with Crippen LogP contribution >= 0.6 is 0 Å². The molecule has 6 heteroatoms. The molecular formula is C16H12N4O2. The van der Waals surface area contributed by atoms with Gasteiger partial charge in [0.05, 0.1) is 24.6 Å². The first-order valence-electron chi connectivity index (χ1n) is 6.50. The van der Waals surface area contributed by atoms with Gasteiger partial charge in [-0.3, -0.25) is 4.98 Å². The highest BCUT2D eigenvalue weighted by molar-refractivity contribution is 5.66. The fourth-order valence-electron chi connectivity index (χ4n) is 2.16. The van der Waals surface area contributed by atoms with Gasteiger partial charge in [0.15, 0.2) is 5.82 Å². The first-order chi connectivity index (χ1) is 10.7. The van der Waals surface area contributed by atoms with Crippen LogP contribution in [0.1, 0.15) is 5.56 Å². The molecule has 1 aromatic carbocycles. The van der Waals surface area contributed by atoms with Crippen LogP contribution in [0.25, 0.3) is 22.6 Å². The fraction of sp³-hybridized carbons (Fsp3) is 0.0625. The van der Waals surface area contributed by atoms with Crippen molar-refractivity contribution >= 4 is 0 Å². The molecule has 1 N–H and O–H groups in total. The Kier molecular flexibility index (Phi) is 3.46. The van der Waals surface area contributed by atoms with Crippen molar-refractivity contribution in [3.05, 3.63) is 54.5 Å². The zero-order chi connectivity index (χ0) is 15.5. The van der Waals surface area contributed by atoms with E-state index in [0.29, 0.717) is 28.4 Å². The largest absolute Gasteiger partial charge is 0.495 e. The molecule has 0 bridgehead atoms. The van der Waals surface area contributed by atoms with Gasteiger partial charge in [-0.1, -0.05) is 0 Å². The van der Waals surface area contributed by atoms with E-state index in [9.17, 15) is 5.21 Å². The Labute approximate surface area is 126 Å². The number of nitrogens with zero attached hydrogens (tertiary/aromatic N) is 4. The van der Waals surface area contributed by atoms with E-state index in [0.717, 1.165) is 10.3 Å². The van der Waals surface area contributed by atoms with Gasteiger partial charge in [0.25, 0.3) is 0 Å². The van der Waals surface area contributed by atoms with E-state index in [-0.39, 0.29) is 0 Å². The highest BCUT2D eigenvalue weighted by Crippen LogP contribution is 2.27. The van der Waals surface area contributed by atoms with Crippen LogP contribution in [0.4, 0.5) is 0 Å². The summed E-state index contributed by atoms with van der Waals surface area (Å²) in [5.74, 6) is 0.836. The lowest BCUT2D eigenvalue weighted by Crippen LogP contribution is -1.94. The number of nitriles is 1. The summed E-state index contributed by atoms with van der Waals surface area (Å²) in [6, 6.07) is 10.7. The Bertz CT molecular complexity index is 850. The molecule has 3 rings (SSSR count). The average Bonchev–Trinajstić information content (AvgIpc) is 2.97. The Hall–Kier alpha value is -3.33. The summed E-state index contributed by atoms with van der Waals surface area (Å²) < 4.78 is 6.06. The van der Waals surface area contributed by atoms with Gasteiger partial charge in [0.2, 0.25) is 0 Å². The fourth-order valence-corrected chi connectivity index (χ4v) is 2.16. The second-order valence-electron chi connectivity index (χ2n) is 4.56. The first-order valence-corrected chi connectivity index (χ1v) is 6.50. The SMILES string of the molecule is COc1ccc(-c2nc(-c3ccncc3)cn2O)cc1C#N. The Balaban J connectivity index is 2.07. The quantitative estimate of drug-likeness (QED) is 0.750. The molecule has 3 aromatic rings. The number of rotatable bonds is 3. The van der Waals surface area contributed by atoms with E-state index in [1.165, 1.54) is 13.3 Å². The third-order valence-corrected chi connectivity index (χ3v) is 3.24. The van der Waals surface area contributed by atoms with Crippen LogP contribution < -0.4 is 4.74 Å². The maximum Gasteiger partial charge on any atom is 0.175 e. The highest BCUT2D eigenvalue weighted by Gasteiger charge is 2.13. The molecule has 22 heavy (non-hydrogen) atoms. The first kappa shape index (κ1) is 13.6. The van der Waals surface area contributed by atoms with E-state index < -0.39 is 0 Å². The molecule has 0 saturated carbocycles. The standard InChI is InChI=1S/C16H12N4O2/c1-22-15-3-2-12(8-13(15)9-17)16-19-14(10-20(16)21)11-4-6-18-7-5-11/h2-8,10,21H,1H3. The minimum Gasteiger partial charge on any atom is -0.495 e. The van der Waals surface area contributed by atoms with Crippen LogP contribution in [0.5, 0.6) is 5.75 Å². The molecule has 0 atom stereocenters. The summed E-state index contributed by atoms with van der Waals surface area (Å²) in [5, 5.41) is 19.2. The third kappa shape index (κ3) is 2.36. The van der Waals surface area contributed by atoms with E-state index >= 15 is 0 Å². The zero-order valence-electron chi connectivity index (χ0n) is 11.8. The van der Waals surface area contributed by atoms with Crippen molar-refractivity contribution in [2.45, 2.75) is 0 Å². The van der Waals surface area contributed by atoms with E-state index in [4.69, 9.17) is 10.00 Å². The Morgan fingerprint density at radius 1 is 1.18 bits per heavy atom. The molecule has 108 valence electrons. The van der Waals surface area contributed by atoms with Gasteiger partial charge in [-0.05, 0) is 30.3 Å². The van der Waals surface area contributed by atoms with Gasteiger partial charge in [0, 0.05) is 23.5 Å². The predicted molar refractivity (Wildman–Crippen MR) is 79.3 cm³/mol. The van der Waals surface area contributed by atoms with Crippen molar-refractivity contribution in [2.24, 2.45) is 0 Å². The van der Waals surface area contributed by atoms with Gasteiger partial charge in [-0.25, -0.2) is 4.98 Å². The molecule has 0 saturated heterocycles. The molecule has 0 amide bonds. The van der Waals surface area contributed by atoms with E-state index in [1.807, 2.05) is 0 Å². The maximum atomic E-state index is 10.1. The lowest BCUT2D eigenvalue weighted by molar-refractivity contribution is 0.191. The number of ether oxygens (including phenoxy) is 1. The molecular weight excluding hydrogens is 280 g/mol. The van der Waals surface area contributed by atoms with Gasteiger partial charge in [0.1, 0.15) is 11.8 Å². The normalized spacial score (nSPS) is 10.2. The summed E-state index contributed by atoms with van der Waals surface area (Å²) in [7, 11) is 1.50. The van der Waals surface area contributed by atoms with Crippen LogP contribution in [-0.4, -0.2) is 27.0 Å². The third-order valence-electron chi connectivity index (χ3n) is 3.24. The number of aromatic nitrogens is 3. The smallest absolute Gasteiger partial charge is 0.175 e. The van der Waals surface area contributed by atoms with Crippen LogP contribution in [0.2, 0.25) is 0 Å². The summed E-state index contributed by atoms with van der Waals surface area (Å²) in [6.45, 7) is 0. The topological polar surface area (TPSA) is 84.0 Å². The number of hydrogen-bond acceptors (Lipinski definition) is 5. The van der Waals surface area contributed by atoms with Gasteiger partial charge in [-0.15, -0.1) is 0 Å². The second-order valence-corrected chi connectivity index (χ2v) is 4.56. The molecule has 0 aliphatic carbocycles. The second kappa shape index (κ2) is 5.58. The van der Waals surface area contributed by atoms with Crippen LogP contribution in [0.15, 0.2) is 48.9 Å². The van der Waals surface area contributed by atoms with Crippen molar-refractivity contribution < 1.29 is 9.94 Å². The van der Waals surface area contributed by atoms with Gasteiger partial charge < -0.3 is 9.94 Å². The minimum absolute atomic E-state index is 0.353. The average molecular weight is 292 g/mol. The lowest BCUT2D eigenvalue weighted by Gasteiger charge is -2.05. The lowest BCUT2D eigenvalue weighted by atomic mass is 10.1. The maximum absolute atomic E-state index is 10.1. The monoisotopic (exact) mass is 292 g/mol. The Morgan fingerprint density at radius 2 is 1.95 bits per heavy atom. The van der Waals surface area contributed by atoms with E-state index in [1.54, 1.807) is 42.7 Å². The van der Waals surface area contributed by atoms with Crippen molar-refractivity contribution in [1.29, 1.82) is 5.26 Å². The van der Waals surface area contributed by atoms with Crippen molar-refractivity contribution in [2.75, 3.05) is 7.11 Å². The minimum atomic E-state index is 0.353. The van der Waals surface area contributed by atoms with Gasteiger partial charge in [-0.2, -0.15) is 9.99 Å². The summed E-state index contributed by atoms with van der Waals surface area (Å²) in [6.07, 6.45) is 4.83. The number of imidazole rings is 1. The summed E-state index contributed by atoms with van der Waals surface area (Å²) in [4.78, 5) is 8.37. The molecule has 0 unspecified atom stereocenters. The van der Waals surface area contributed by atoms with Crippen molar-refractivity contribution in [1.82, 2.24) is 14.7 Å². The van der Waals surface area contributed by atoms with Gasteiger partial charge >= 0.3 is 0 Å². The van der Waals surface area contributed by atoms with E-state index in [2.05, 4.69) is 16.0 Å². The molecule has 0 spiro atoms. The summed E-state index contributed by atoms with van der Waals surface area (Å²) in [5.41, 5.74) is 2.47. The van der Waals surface area contributed by atoms with Crippen LogP contribution in [0.3, 0.4) is 0 Å². The molecule has 6 nitrogen and oxygen atoms in total. The predicted octanol–water partition coefficient (Wildman–Crippen LogP) is 2.73. The molecule has 2 heterocycles. The molecule has 0 fully saturated rings. The van der Waals surface area contributed by atoms with Crippen molar-refractivity contribution in [3.63, 3.8) is 0 Å². The zero-order valence-corrected chi connectivity index (χ0v) is 11.8. The molecule has 2 aromatic heterocycles. The number of hydrogen-bond donors (Lipinski definition) is 1. The number of methoxy groups -OCH3 is 1. The summed E-state index contributed by atoms with van der Waals surface area (Å²) >= 11 is 0. The highest BCUT2D eigenvalue weighted by atomic mass is 16.5. The van der Waals surface area contributed by atoms with Crippen LogP contribution in [0, 0.1) is 11.3 Å². The molecule has 0 aliphatic heterocycles.